The Morgan fingerprint density at radius 1 is 1.13 bits per heavy atom. The van der Waals surface area contributed by atoms with Gasteiger partial charge in [-0.15, -0.1) is 0 Å². The normalized spacial score (nSPS) is 15.0. The number of hydrogen-bond acceptors (Lipinski definition) is 2. The van der Waals surface area contributed by atoms with E-state index in [-0.39, 0.29) is 11.8 Å². The minimum absolute atomic E-state index is 0.0228. The lowest BCUT2D eigenvalue weighted by atomic mass is 9.84. The molecule has 0 aliphatic carbocycles. The van der Waals surface area contributed by atoms with E-state index in [9.17, 15) is 4.79 Å². The summed E-state index contributed by atoms with van der Waals surface area (Å²) in [5.74, 6) is 0.816. The molecule has 0 bridgehead atoms. The van der Waals surface area contributed by atoms with Crippen LogP contribution in [0, 0.1) is 11.8 Å². The Kier molecular flexibility index (Phi) is 4.01. The summed E-state index contributed by atoms with van der Waals surface area (Å²) < 4.78 is 0. The smallest absolute Gasteiger partial charge is 0.143 e. The molecule has 1 heterocycles. The van der Waals surface area contributed by atoms with Crippen LogP contribution in [-0.4, -0.2) is 10.8 Å². The molecule has 0 radical (unpaired) electrons. The third kappa shape index (κ3) is 2.88. The number of Topliss-reactive ketones (excluding diaryl/α,β-unsaturated/α-hetero) is 1. The first-order valence-electron chi connectivity index (χ1n) is 5.47. The average Bonchev–Trinajstić information content (AvgIpc) is 2.27. The number of ketones is 1. The summed E-state index contributed by atoms with van der Waals surface area (Å²) >= 11 is 0. The van der Waals surface area contributed by atoms with Crippen molar-refractivity contribution in [2.24, 2.45) is 11.8 Å². The largest absolute Gasteiger partial charge is 0.299 e. The molecule has 0 aliphatic heterocycles. The predicted molar refractivity (Wildman–Crippen MR) is 61.7 cm³/mol. The Labute approximate surface area is 91.7 Å². The standard InChI is InChI=1S/C13H19NO/c1-9(2)10(3)13(15)11(4)12-5-7-14-8-6-12/h5-11H,1-4H3. The first-order chi connectivity index (χ1) is 7.04. The molecular formula is C13H19NO. The molecule has 2 heteroatoms. The highest BCUT2D eigenvalue weighted by Crippen LogP contribution is 2.23. The summed E-state index contributed by atoms with van der Waals surface area (Å²) in [4.78, 5) is 16.0. The number of aromatic nitrogens is 1. The first-order valence-corrected chi connectivity index (χ1v) is 5.47. The molecule has 15 heavy (non-hydrogen) atoms. The fraction of sp³-hybridized carbons (Fsp3) is 0.538. The van der Waals surface area contributed by atoms with Gasteiger partial charge in [-0.05, 0) is 23.6 Å². The van der Waals surface area contributed by atoms with Gasteiger partial charge in [-0.2, -0.15) is 0 Å². The predicted octanol–water partition coefficient (Wildman–Crippen LogP) is 3.05. The summed E-state index contributed by atoms with van der Waals surface area (Å²) in [6.45, 7) is 8.14. The molecule has 2 unspecified atom stereocenters. The number of hydrogen-bond donors (Lipinski definition) is 0. The van der Waals surface area contributed by atoms with Crippen molar-refractivity contribution in [2.45, 2.75) is 33.6 Å². The molecule has 0 amide bonds. The Bertz CT molecular complexity index is 319. The minimum Gasteiger partial charge on any atom is -0.299 e. The van der Waals surface area contributed by atoms with Crippen molar-refractivity contribution in [3.63, 3.8) is 0 Å². The van der Waals surface area contributed by atoms with E-state index in [4.69, 9.17) is 0 Å². The molecule has 0 aromatic carbocycles. The van der Waals surface area contributed by atoms with E-state index in [0.29, 0.717) is 11.7 Å². The Balaban J connectivity index is 2.78. The molecule has 1 aromatic heterocycles. The summed E-state index contributed by atoms with van der Waals surface area (Å²) in [5, 5.41) is 0. The van der Waals surface area contributed by atoms with Gasteiger partial charge < -0.3 is 0 Å². The zero-order valence-corrected chi connectivity index (χ0v) is 9.90. The molecule has 0 fully saturated rings. The SMILES string of the molecule is CC(C(=O)C(C)C(C)C)c1ccncc1. The van der Waals surface area contributed by atoms with Crippen LogP contribution in [0.25, 0.3) is 0 Å². The zero-order valence-electron chi connectivity index (χ0n) is 9.90. The molecule has 0 spiro atoms. The summed E-state index contributed by atoms with van der Waals surface area (Å²) in [6.07, 6.45) is 3.47. The number of nitrogens with zero attached hydrogens (tertiary/aromatic N) is 1. The summed E-state index contributed by atoms with van der Waals surface area (Å²) in [5.41, 5.74) is 1.06. The summed E-state index contributed by atoms with van der Waals surface area (Å²) in [6, 6.07) is 3.82. The number of rotatable bonds is 4. The monoisotopic (exact) mass is 205 g/mol. The minimum atomic E-state index is -0.0228. The third-order valence-corrected chi connectivity index (χ3v) is 3.08. The number of carbonyl (C=O) groups excluding carboxylic acids is 1. The van der Waals surface area contributed by atoms with E-state index in [2.05, 4.69) is 18.8 Å². The van der Waals surface area contributed by atoms with Crippen molar-refractivity contribution in [2.75, 3.05) is 0 Å². The van der Waals surface area contributed by atoms with Crippen LogP contribution in [0.5, 0.6) is 0 Å². The fourth-order valence-corrected chi connectivity index (χ4v) is 1.54. The van der Waals surface area contributed by atoms with Crippen LogP contribution in [0.1, 0.15) is 39.2 Å². The van der Waals surface area contributed by atoms with Gasteiger partial charge in [-0.1, -0.05) is 27.7 Å². The second-order valence-corrected chi connectivity index (χ2v) is 4.44. The van der Waals surface area contributed by atoms with Gasteiger partial charge in [0.15, 0.2) is 0 Å². The Morgan fingerprint density at radius 2 is 1.67 bits per heavy atom. The van der Waals surface area contributed by atoms with Gasteiger partial charge in [0.2, 0.25) is 0 Å². The van der Waals surface area contributed by atoms with Crippen LogP contribution in [0.2, 0.25) is 0 Å². The lowest BCUT2D eigenvalue weighted by Gasteiger charge is -2.19. The maximum Gasteiger partial charge on any atom is 0.143 e. The number of carbonyl (C=O) groups is 1. The third-order valence-electron chi connectivity index (χ3n) is 3.08. The van der Waals surface area contributed by atoms with Crippen molar-refractivity contribution in [1.29, 1.82) is 0 Å². The Hall–Kier alpha value is -1.18. The van der Waals surface area contributed by atoms with Crippen molar-refractivity contribution in [1.82, 2.24) is 4.98 Å². The van der Waals surface area contributed by atoms with Crippen LogP contribution < -0.4 is 0 Å². The van der Waals surface area contributed by atoms with Crippen molar-refractivity contribution >= 4 is 5.78 Å². The molecule has 1 rings (SSSR count). The van der Waals surface area contributed by atoms with Gasteiger partial charge in [0.1, 0.15) is 5.78 Å². The van der Waals surface area contributed by atoms with Gasteiger partial charge in [0.25, 0.3) is 0 Å². The van der Waals surface area contributed by atoms with Gasteiger partial charge >= 0.3 is 0 Å². The highest BCUT2D eigenvalue weighted by Gasteiger charge is 2.23. The van der Waals surface area contributed by atoms with Crippen LogP contribution in [0.3, 0.4) is 0 Å². The quantitative estimate of drug-likeness (QED) is 0.756. The van der Waals surface area contributed by atoms with E-state index < -0.39 is 0 Å². The van der Waals surface area contributed by atoms with E-state index in [1.54, 1.807) is 12.4 Å². The fourth-order valence-electron chi connectivity index (χ4n) is 1.54. The van der Waals surface area contributed by atoms with Crippen molar-refractivity contribution in [3.8, 4) is 0 Å². The average molecular weight is 205 g/mol. The van der Waals surface area contributed by atoms with Crippen LogP contribution in [0.15, 0.2) is 24.5 Å². The second-order valence-electron chi connectivity index (χ2n) is 4.44. The van der Waals surface area contributed by atoms with Crippen molar-refractivity contribution < 1.29 is 4.79 Å². The molecule has 0 aliphatic rings. The molecule has 0 saturated carbocycles. The lowest BCUT2D eigenvalue weighted by molar-refractivity contribution is -0.124. The van der Waals surface area contributed by atoms with Gasteiger partial charge in [0, 0.05) is 24.2 Å². The second kappa shape index (κ2) is 5.06. The van der Waals surface area contributed by atoms with E-state index in [0.717, 1.165) is 5.56 Å². The maximum atomic E-state index is 12.1. The van der Waals surface area contributed by atoms with Crippen LogP contribution in [-0.2, 0) is 4.79 Å². The molecule has 1 aromatic rings. The summed E-state index contributed by atoms with van der Waals surface area (Å²) in [7, 11) is 0. The highest BCUT2D eigenvalue weighted by molar-refractivity contribution is 5.87. The maximum absolute atomic E-state index is 12.1. The first kappa shape index (κ1) is 11.9. The van der Waals surface area contributed by atoms with E-state index in [1.807, 2.05) is 26.0 Å². The van der Waals surface area contributed by atoms with Crippen LogP contribution >= 0.6 is 0 Å². The molecular weight excluding hydrogens is 186 g/mol. The Morgan fingerprint density at radius 3 is 2.13 bits per heavy atom. The molecule has 0 N–H and O–H groups in total. The number of pyridine rings is 1. The molecule has 2 atom stereocenters. The van der Waals surface area contributed by atoms with Gasteiger partial charge in [-0.25, -0.2) is 0 Å². The van der Waals surface area contributed by atoms with E-state index >= 15 is 0 Å². The van der Waals surface area contributed by atoms with Gasteiger partial charge in [0.05, 0.1) is 0 Å². The lowest BCUT2D eigenvalue weighted by Crippen LogP contribution is -2.22. The highest BCUT2D eigenvalue weighted by atomic mass is 16.1. The molecule has 2 nitrogen and oxygen atoms in total. The molecule has 0 saturated heterocycles. The van der Waals surface area contributed by atoms with E-state index in [1.165, 1.54) is 0 Å². The van der Waals surface area contributed by atoms with Crippen LogP contribution in [0.4, 0.5) is 0 Å². The van der Waals surface area contributed by atoms with Crippen molar-refractivity contribution in [3.05, 3.63) is 30.1 Å². The topological polar surface area (TPSA) is 30.0 Å². The van der Waals surface area contributed by atoms with Gasteiger partial charge in [-0.3, -0.25) is 9.78 Å². The zero-order chi connectivity index (χ0) is 11.4. The molecule has 82 valence electrons.